The molecular formula is C12H20N4O. The summed E-state index contributed by atoms with van der Waals surface area (Å²) in [6, 6.07) is 0. The third-order valence-corrected chi connectivity index (χ3v) is 3.28. The van der Waals surface area contributed by atoms with Crippen LogP contribution in [0.15, 0.2) is 12.4 Å². The van der Waals surface area contributed by atoms with Gasteiger partial charge in [-0.3, -0.25) is 4.98 Å². The first kappa shape index (κ1) is 12.1. The highest BCUT2D eigenvalue weighted by Crippen LogP contribution is 2.24. The highest BCUT2D eigenvalue weighted by molar-refractivity contribution is 5.40. The molecule has 0 amide bonds. The van der Waals surface area contributed by atoms with Crippen LogP contribution in [0, 0.1) is 5.92 Å². The third-order valence-electron chi connectivity index (χ3n) is 3.28. The molecule has 2 rings (SSSR count). The summed E-state index contributed by atoms with van der Waals surface area (Å²) >= 11 is 0. The molecule has 1 aromatic heterocycles. The minimum absolute atomic E-state index is 0.0846. The molecule has 0 atom stereocenters. The fraction of sp³-hybridized carbons (Fsp3) is 0.667. The van der Waals surface area contributed by atoms with E-state index in [-0.39, 0.29) is 6.10 Å². The predicted octanol–water partition coefficient (Wildman–Crippen LogP) is 1.48. The van der Waals surface area contributed by atoms with Crippen molar-refractivity contribution in [2.75, 3.05) is 24.2 Å². The first-order valence-corrected chi connectivity index (χ1v) is 6.19. The largest absolute Gasteiger partial charge is 0.393 e. The van der Waals surface area contributed by atoms with Crippen molar-refractivity contribution in [3.8, 4) is 0 Å². The van der Waals surface area contributed by atoms with Crippen LogP contribution in [0.4, 0.5) is 11.6 Å². The monoisotopic (exact) mass is 236 g/mol. The lowest BCUT2D eigenvalue weighted by Gasteiger charge is -2.25. The van der Waals surface area contributed by atoms with Gasteiger partial charge in [-0.25, -0.2) is 4.98 Å². The van der Waals surface area contributed by atoms with E-state index in [9.17, 15) is 5.11 Å². The lowest BCUT2D eigenvalue weighted by Crippen LogP contribution is -2.23. The van der Waals surface area contributed by atoms with Gasteiger partial charge in [0.2, 0.25) is 0 Å². The van der Waals surface area contributed by atoms with Crippen molar-refractivity contribution in [3.63, 3.8) is 0 Å². The molecule has 1 fully saturated rings. The number of aliphatic hydroxyl groups is 1. The van der Waals surface area contributed by atoms with Gasteiger partial charge < -0.3 is 15.7 Å². The fourth-order valence-electron chi connectivity index (χ4n) is 2.17. The standard InChI is InChI=1S/C12H20N4O/c1-13-11-7-14-8-12(16-11)15-6-9-2-4-10(17)5-3-9/h7-10,17H,2-6H2,1H3,(H2,13,15,16). The Labute approximate surface area is 102 Å². The average Bonchev–Trinajstić information content (AvgIpc) is 2.38. The van der Waals surface area contributed by atoms with Crippen LogP contribution in [0.1, 0.15) is 25.7 Å². The van der Waals surface area contributed by atoms with E-state index in [1.807, 2.05) is 7.05 Å². The maximum Gasteiger partial charge on any atom is 0.146 e. The fourth-order valence-corrected chi connectivity index (χ4v) is 2.17. The highest BCUT2D eigenvalue weighted by atomic mass is 16.3. The summed E-state index contributed by atoms with van der Waals surface area (Å²) in [6.07, 6.45) is 7.38. The second-order valence-corrected chi connectivity index (χ2v) is 4.60. The molecule has 1 aromatic rings. The molecule has 1 heterocycles. The van der Waals surface area contributed by atoms with Crippen molar-refractivity contribution in [2.24, 2.45) is 5.92 Å². The molecule has 1 saturated carbocycles. The third kappa shape index (κ3) is 3.56. The van der Waals surface area contributed by atoms with E-state index in [2.05, 4.69) is 20.6 Å². The summed E-state index contributed by atoms with van der Waals surface area (Å²) in [7, 11) is 1.83. The van der Waals surface area contributed by atoms with Gasteiger partial charge in [-0.05, 0) is 31.6 Å². The van der Waals surface area contributed by atoms with Gasteiger partial charge in [0.15, 0.2) is 0 Å². The molecule has 3 N–H and O–H groups in total. The number of nitrogens with one attached hydrogen (secondary N) is 2. The van der Waals surface area contributed by atoms with Crippen LogP contribution in [0.5, 0.6) is 0 Å². The molecule has 0 saturated heterocycles. The Balaban J connectivity index is 1.81. The first-order chi connectivity index (χ1) is 8.28. The van der Waals surface area contributed by atoms with Gasteiger partial charge in [0.05, 0.1) is 18.5 Å². The molecule has 1 aliphatic rings. The van der Waals surface area contributed by atoms with Crippen molar-refractivity contribution >= 4 is 11.6 Å². The molecule has 0 unspecified atom stereocenters. The molecule has 1 aliphatic carbocycles. The molecular weight excluding hydrogens is 216 g/mol. The van der Waals surface area contributed by atoms with Gasteiger partial charge in [0.1, 0.15) is 11.6 Å². The SMILES string of the molecule is CNc1cncc(NCC2CCC(O)CC2)n1. The van der Waals surface area contributed by atoms with E-state index in [1.165, 1.54) is 0 Å². The quantitative estimate of drug-likeness (QED) is 0.738. The molecule has 5 heteroatoms. The van der Waals surface area contributed by atoms with E-state index in [0.717, 1.165) is 43.9 Å². The molecule has 0 aliphatic heterocycles. The Morgan fingerprint density at radius 3 is 2.65 bits per heavy atom. The molecule has 0 spiro atoms. The molecule has 0 radical (unpaired) electrons. The Morgan fingerprint density at radius 1 is 1.24 bits per heavy atom. The molecule has 94 valence electrons. The zero-order chi connectivity index (χ0) is 12.1. The van der Waals surface area contributed by atoms with Crippen molar-refractivity contribution in [2.45, 2.75) is 31.8 Å². The van der Waals surface area contributed by atoms with Crippen molar-refractivity contribution in [3.05, 3.63) is 12.4 Å². The second kappa shape index (κ2) is 5.82. The normalized spacial score (nSPS) is 24.4. The predicted molar refractivity (Wildman–Crippen MR) is 68.0 cm³/mol. The van der Waals surface area contributed by atoms with E-state index < -0.39 is 0 Å². The van der Waals surface area contributed by atoms with E-state index in [4.69, 9.17) is 0 Å². The Bertz CT molecular complexity index is 350. The maximum absolute atomic E-state index is 9.43. The van der Waals surface area contributed by atoms with Gasteiger partial charge in [-0.1, -0.05) is 0 Å². The number of rotatable bonds is 4. The van der Waals surface area contributed by atoms with Crippen LogP contribution in [0.25, 0.3) is 0 Å². The summed E-state index contributed by atoms with van der Waals surface area (Å²) in [5, 5.41) is 15.7. The van der Waals surface area contributed by atoms with Gasteiger partial charge >= 0.3 is 0 Å². The average molecular weight is 236 g/mol. The van der Waals surface area contributed by atoms with Crippen LogP contribution in [-0.4, -0.2) is 34.8 Å². The summed E-state index contributed by atoms with van der Waals surface area (Å²) in [5.41, 5.74) is 0. The van der Waals surface area contributed by atoms with E-state index in [1.54, 1.807) is 12.4 Å². The van der Waals surface area contributed by atoms with Gasteiger partial charge in [-0.2, -0.15) is 0 Å². The molecule has 0 aromatic carbocycles. The van der Waals surface area contributed by atoms with Crippen LogP contribution in [0.3, 0.4) is 0 Å². The summed E-state index contributed by atoms with van der Waals surface area (Å²) in [5.74, 6) is 2.22. The highest BCUT2D eigenvalue weighted by Gasteiger charge is 2.19. The van der Waals surface area contributed by atoms with Crippen molar-refractivity contribution in [1.29, 1.82) is 0 Å². The number of hydrogen-bond acceptors (Lipinski definition) is 5. The van der Waals surface area contributed by atoms with Crippen molar-refractivity contribution in [1.82, 2.24) is 9.97 Å². The number of anilines is 2. The topological polar surface area (TPSA) is 70.1 Å². The number of hydrogen-bond donors (Lipinski definition) is 3. The number of aliphatic hydroxyl groups excluding tert-OH is 1. The molecule has 17 heavy (non-hydrogen) atoms. The number of aromatic nitrogens is 2. The Kier molecular flexibility index (Phi) is 4.14. The Morgan fingerprint density at radius 2 is 1.94 bits per heavy atom. The van der Waals surface area contributed by atoms with Gasteiger partial charge in [0.25, 0.3) is 0 Å². The van der Waals surface area contributed by atoms with Crippen LogP contribution in [0.2, 0.25) is 0 Å². The molecule has 5 nitrogen and oxygen atoms in total. The van der Waals surface area contributed by atoms with Gasteiger partial charge in [0, 0.05) is 13.6 Å². The summed E-state index contributed by atoms with van der Waals surface area (Å²) < 4.78 is 0. The van der Waals surface area contributed by atoms with Gasteiger partial charge in [-0.15, -0.1) is 0 Å². The van der Waals surface area contributed by atoms with E-state index >= 15 is 0 Å². The minimum Gasteiger partial charge on any atom is -0.393 e. The molecule has 0 bridgehead atoms. The first-order valence-electron chi connectivity index (χ1n) is 6.19. The minimum atomic E-state index is -0.0846. The zero-order valence-corrected chi connectivity index (χ0v) is 10.2. The van der Waals surface area contributed by atoms with Crippen LogP contribution >= 0.6 is 0 Å². The second-order valence-electron chi connectivity index (χ2n) is 4.60. The summed E-state index contributed by atoms with van der Waals surface area (Å²) in [4.78, 5) is 8.46. The summed E-state index contributed by atoms with van der Waals surface area (Å²) in [6.45, 7) is 0.911. The number of nitrogens with zero attached hydrogens (tertiary/aromatic N) is 2. The van der Waals surface area contributed by atoms with E-state index in [0.29, 0.717) is 5.92 Å². The van der Waals surface area contributed by atoms with Crippen molar-refractivity contribution < 1.29 is 5.11 Å². The Hall–Kier alpha value is -1.36. The lowest BCUT2D eigenvalue weighted by molar-refractivity contribution is 0.111. The smallest absolute Gasteiger partial charge is 0.146 e. The lowest BCUT2D eigenvalue weighted by atomic mass is 9.87. The zero-order valence-electron chi connectivity index (χ0n) is 10.2. The van der Waals surface area contributed by atoms with Crippen LogP contribution in [-0.2, 0) is 0 Å². The van der Waals surface area contributed by atoms with Crippen LogP contribution < -0.4 is 10.6 Å². The maximum atomic E-state index is 9.43.